The molecule has 0 N–H and O–H groups in total. The molecule has 2 atom stereocenters. The maximum atomic E-state index is 13.5. The molecule has 30 heavy (non-hydrogen) atoms. The topological polar surface area (TPSA) is 91.1 Å². The van der Waals surface area contributed by atoms with Gasteiger partial charge >= 0.3 is 0 Å². The molecule has 1 aliphatic rings. The average Bonchev–Trinajstić information content (AvgIpc) is 3.29. The van der Waals surface area contributed by atoms with Gasteiger partial charge in [0.1, 0.15) is 11.0 Å². The monoisotopic (exact) mass is 435 g/mol. The Hall–Kier alpha value is -3.02. The zero-order valence-corrected chi connectivity index (χ0v) is 17.7. The van der Waals surface area contributed by atoms with Crippen LogP contribution < -0.4 is 0 Å². The lowest BCUT2D eigenvalue weighted by molar-refractivity contribution is -0.123. The average molecular weight is 436 g/mol. The highest BCUT2D eigenvalue weighted by Gasteiger charge is 2.44. The number of amides is 2. The molecular weight excluding hydrogens is 418 g/mol. The molecule has 0 saturated carbocycles. The van der Waals surface area contributed by atoms with Gasteiger partial charge in [0.05, 0.1) is 27.4 Å². The second-order valence-electron chi connectivity index (χ2n) is 6.81. The van der Waals surface area contributed by atoms with Gasteiger partial charge in [0.15, 0.2) is 11.7 Å². The van der Waals surface area contributed by atoms with Gasteiger partial charge in [-0.15, -0.1) is 11.3 Å². The summed E-state index contributed by atoms with van der Waals surface area (Å²) in [6, 6.07) is 15.0. The van der Waals surface area contributed by atoms with Crippen molar-refractivity contribution in [2.75, 3.05) is 12.0 Å². The Morgan fingerprint density at radius 1 is 1.13 bits per heavy atom. The van der Waals surface area contributed by atoms with Crippen LogP contribution in [0.25, 0.3) is 10.2 Å². The van der Waals surface area contributed by atoms with E-state index in [0.29, 0.717) is 16.3 Å². The summed E-state index contributed by atoms with van der Waals surface area (Å²) in [5, 5.41) is 10.2. The normalized spacial score (nSPS) is 15.1. The van der Waals surface area contributed by atoms with Crippen molar-refractivity contribution in [1.29, 1.82) is 5.26 Å². The predicted octanol–water partition coefficient (Wildman–Crippen LogP) is 3.89. The lowest BCUT2D eigenvalue weighted by Gasteiger charge is -2.26. The molecule has 0 unspecified atom stereocenters. The minimum Gasteiger partial charge on any atom is -0.295 e. The molecule has 8 heteroatoms. The van der Waals surface area contributed by atoms with Crippen LogP contribution in [0.3, 0.4) is 0 Å². The van der Waals surface area contributed by atoms with E-state index >= 15 is 0 Å². The molecule has 0 radical (unpaired) electrons. The zero-order chi connectivity index (χ0) is 21.3. The van der Waals surface area contributed by atoms with Crippen LogP contribution in [0.15, 0.2) is 48.5 Å². The molecule has 3 aromatic rings. The van der Waals surface area contributed by atoms with Crippen molar-refractivity contribution in [2.45, 2.75) is 18.4 Å². The maximum absolute atomic E-state index is 13.5. The molecule has 0 bridgehead atoms. The van der Waals surface area contributed by atoms with E-state index < -0.39 is 29.6 Å². The number of carbonyl (C=O) groups excluding carboxylic acids is 3. The smallest absolute Gasteiger partial charge is 0.262 e. The molecule has 1 aromatic heterocycles. The standard InChI is InChI=1S/C22H17N3O3S2/c1-29-11-10-17(25-21(27)13-6-2-3-7-14(13)22(25)28)19(26)15(12-23)20-24-16-8-4-5-9-18(16)30-20/h2-9,15,17H,10-11H2,1H3/t15-,17+/m1/s1. The number of para-hydroxylation sites is 1. The van der Waals surface area contributed by atoms with Crippen molar-refractivity contribution in [1.82, 2.24) is 9.88 Å². The van der Waals surface area contributed by atoms with E-state index in [2.05, 4.69) is 11.1 Å². The van der Waals surface area contributed by atoms with Gasteiger partial charge in [-0.05, 0) is 42.7 Å². The molecule has 2 aromatic carbocycles. The third-order valence-electron chi connectivity index (χ3n) is 5.03. The number of thioether (sulfide) groups is 1. The quantitative estimate of drug-likeness (QED) is 0.523. The first-order valence-electron chi connectivity index (χ1n) is 9.31. The number of aromatic nitrogens is 1. The van der Waals surface area contributed by atoms with Gasteiger partial charge in [0, 0.05) is 0 Å². The highest BCUT2D eigenvalue weighted by Crippen LogP contribution is 2.32. The van der Waals surface area contributed by atoms with Gasteiger partial charge in [-0.3, -0.25) is 19.3 Å². The summed E-state index contributed by atoms with van der Waals surface area (Å²) >= 11 is 2.80. The Bertz CT molecular complexity index is 1130. The summed E-state index contributed by atoms with van der Waals surface area (Å²) in [6.07, 6.45) is 2.17. The van der Waals surface area contributed by atoms with Crippen LogP contribution in [0.5, 0.6) is 0 Å². The second kappa shape index (κ2) is 8.38. The molecule has 0 saturated heterocycles. The SMILES string of the molecule is CSCC[C@@H](C(=O)[C@@H](C#N)c1nc2ccccc2s1)N1C(=O)c2ccccc2C1=O. The Morgan fingerprint density at radius 2 is 1.77 bits per heavy atom. The van der Waals surface area contributed by atoms with Gasteiger partial charge < -0.3 is 0 Å². The number of Topliss-reactive ketones (excluding diaryl/α,β-unsaturated/α-hetero) is 1. The summed E-state index contributed by atoms with van der Waals surface area (Å²) < 4.78 is 0.877. The van der Waals surface area contributed by atoms with E-state index in [0.717, 1.165) is 9.60 Å². The number of rotatable bonds is 7. The zero-order valence-electron chi connectivity index (χ0n) is 16.1. The fourth-order valence-corrected chi connectivity index (χ4v) is 5.05. The van der Waals surface area contributed by atoms with Crippen LogP contribution in [-0.4, -0.2) is 45.5 Å². The van der Waals surface area contributed by atoms with Crippen molar-refractivity contribution < 1.29 is 14.4 Å². The molecule has 2 amide bonds. The fraction of sp³-hybridized carbons (Fsp3) is 0.227. The second-order valence-corrected chi connectivity index (χ2v) is 8.86. The Kier molecular flexibility index (Phi) is 5.66. The summed E-state index contributed by atoms with van der Waals surface area (Å²) in [4.78, 5) is 44.9. The molecular formula is C22H17N3O3S2. The number of fused-ring (bicyclic) bond motifs is 2. The van der Waals surface area contributed by atoms with Crippen molar-refractivity contribution in [3.8, 4) is 6.07 Å². The number of hydrogen-bond acceptors (Lipinski definition) is 7. The number of hydrogen-bond donors (Lipinski definition) is 0. The van der Waals surface area contributed by atoms with Crippen LogP contribution in [0.4, 0.5) is 0 Å². The predicted molar refractivity (Wildman–Crippen MR) is 117 cm³/mol. The maximum Gasteiger partial charge on any atom is 0.262 e. The number of thiazole rings is 1. The van der Waals surface area contributed by atoms with Gasteiger partial charge in [0.2, 0.25) is 0 Å². The fourth-order valence-electron chi connectivity index (χ4n) is 3.57. The highest BCUT2D eigenvalue weighted by molar-refractivity contribution is 7.98. The summed E-state index contributed by atoms with van der Waals surface area (Å²) in [5.74, 6) is -2.02. The van der Waals surface area contributed by atoms with Crippen LogP contribution in [-0.2, 0) is 4.79 Å². The Balaban J connectivity index is 1.71. The van der Waals surface area contributed by atoms with Crippen LogP contribution in [0, 0.1) is 11.3 Å². The molecule has 6 nitrogen and oxygen atoms in total. The van der Waals surface area contributed by atoms with Gasteiger partial charge in [-0.1, -0.05) is 24.3 Å². The molecule has 0 fully saturated rings. The van der Waals surface area contributed by atoms with Crippen molar-refractivity contribution in [3.05, 3.63) is 64.7 Å². The highest BCUT2D eigenvalue weighted by atomic mass is 32.2. The minimum absolute atomic E-state index is 0.286. The summed E-state index contributed by atoms with van der Waals surface area (Å²) in [6.45, 7) is 0. The van der Waals surface area contributed by atoms with Crippen LogP contribution in [0.1, 0.15) is 38.1 Å². The van der Waals surface area contributed by atoms with Crippen molar-refractivity contribution in [3.63, 3.8) is 0 Å². The lowest BCUT2D eigenvalue weighted by Crippen LogP contribution is -2.46. The van der Waals surface area contributed by atoms with E-state index in [1.54, 1.807) is 24.3 Å². The molecule has 2 heterocycles. The molecule has 4 rings (SSSR count). The third-order valence-corrected chi connectivity index (χ3v) is 6.78. The summed E-state index contributed by atoms with van der Waals surface area (Å²) in [5.41, 5.74) is 1.29. The van der Waals surface area contributed by atoms with Gasteiger partial charge in [0.25, 0.3) is 11.8 Å². The lowest BCUT2D eigenvalue weighted by atomic mass is 9.96. The molecule has 150 valence electrons. The van der Waals surface area contributed by atoms with E-state index in [1.165, 1.54) is 23.1 Å². The number of benzene rings is 2. The van der Waals surface area contributed by atoms with Gasteiger partial charge in [-0.2, -0.15) is 17.0 Å². The van der Waals surface area contributed by atoms with Gasteiger partial charge in [-0.25, -0.2) is 4.98 Å². The van der Waals surface area contributed by atoms with E-state index in [9.17, 15) is 19.6 Å². The van der Waals surface area contributed by atoms with E-state index in [1.807, 2.05) is 30.5 Å². The molecule has 1 aliphatic heterocycles. The number of carbonyl (C=O) groups is 3. The van der Waals surface area contributed by atoms with Crippen LogP contribution in [0.2, 0.25) is 0 Å². The Labute approximate surface area is 181 Å². The third kappa shape index (κ3) is 3.40. The number of nitriles is 1. The van der Waals surface area contributed by atoms with Crippen LogP contribution >= 0.6 is 23.1 Å². The van der Waals surface area contributed by atoms with Crippen molar-refractivity contribution >= 4 is 50.9 Å². The van der Waals surface area contributed by atoms with Crippen molar-refractivity contribution in [2.24, 2.45) is 0 Å². The minimum atomic E-state index is -1.14. The number of imide groups is 1. The number of ketones is 1. The largest absolute Gasteiger partial charge is 0.295 e. The van der Waals surface area contributed by atoms with E-state index in [4.69, 9.17) is 0 Å². The first-order valence-corrected chi connectivity index (χ1v) is 11.5. The Morgan fingerprint density at radius 3 is 2.37 bits per heavy atom. The molecule has 0 aliphatic carbocycles. The van der Waals surface area contributed by atoms with E-state index in [-0.39, 0.29) is 17.5 Å². The summed E-state index contributed by atoms with van der Waals surface area (Å²) in [7, 11) is 0. The first-order chi connectivity index (χ1) is 14.6. The molecule has 0 spiro atoms. The first kappa shape index (κ1) is 20.3. The number of nitrogens with zero attached hydrogens (tertiary/aromatic N) is 3.